The summed E-state index contributed by atoms with van der Waals surface area (Å²) in [4.78, 5) is 0. The fourth-order valence-electron chi connectivity index (χ4n) is 1.37. The van der Waals surface area contributed by atoms with Crippen molar-refractivity contribution in [1.29, 1.82) is 0 Å². The minimum absolute atomic E-state index is 0.00303. The number of rotatable bonds is 6. The monoisotopic (exact) mass is 253 g/mol. The smallest absolute Gasteiger partial charge is 0.123 e. The van der Waals surface area contributed by atoms with Gasteiger partial charge in [-0.1, -0.05) is 6.07 Å². The number of β-amino-alcohol motifs (C(OH)–C–C–N with tert-alkyl or cyclic N) is 1. The third-order valence-electron chi connectivity index (χ3n) is 2.35. The largest absolute Gasteiger partial charge is 0.497 e. The lowest BCUT2D eigenvalue weighted by atomic mass is 10.1. The Morgan fingerprint density at radius 2 is 1.94 bits per heavy atom. The Hall–Kier alpha value is -1.26. The van der Waals surface area contributed by atoms with Gasteiger partial charge in [0.25, 0.3) is 0 Å². The van der Waals surface area contributed by atoms with E-state index < -0.39 is 6.10 Å². The van der Waals surface area contributed by atoms with Gasteiger partial charge in [0.1, 0.15) is 24.2 Å². The summed E-state index contributed by atoms with van der Waals surface area (Å²) < 4.78 is 10.6. The molecule has 18 heavy (non-hydrogen) atoms. The standard InChI is InChI=1S/C14H23NO3/c1-14(2,3)15-9-11(16)10-18-13-7-5-6-12(8-13)17-4/h5-8,11,15-16H,9-10H2,1-4H3/t11-/m0/s1. The first-order valence-electron chi connectivity index (χ1n) is 6.10. The number of benzene rings is 1. The van der Waals surface area contributed by atoms with Crippen LogP contribution < -0.4 is 14.8 Å². The van der Waals surface area contributed by atoms with Gasteiger partial charge in [-0.15, -0.1) is 0 Å². The van der Waals surface area contributed by atoms with E-state index in [0.29, 0.717) is 12.3 Å². The predicted molar refractivity (Wildman–Crippen MR) is 72.3 cm³/mol. The molecule has 0 radical (unpaired) electrons. The van der Waals surface area contributed by atoms with Crippen LogP contribution in [-0.4, -0.2) is 37.0 Å². The predicted octanol–water partition coefficient (Wildman–Crippen LogP) is 1.82. The van der Waals surface area contributed by atoms with Crippen LogP contribution in [0, 0.1) is 0 Å². The average molecular weight is 253 g/mol. The SMILES string of the molecule is COc1cccc(OC[C@@H](O)CNC(C)(C)C)c1. The molecule has 2 N–H and O–H groups in total. The van der Waals surface area contributed by atoms with Gasteiger partial charge in [-0.25, -0.2) is 0 Å². The molecule has 102 valence electrons. The van der Waals surface area contributed by atoms with Crippen molar-refractivity contribution in [1.82, 2.24) is 5.32 Å². The molecule has 0 bridgehead atoms. The molecular formula is C14H23NO3. The lowest BCUT2D eigenvalue weighted by Crippen LogP contribution is -2.42. The Morgan fingerprint density at radius 3 is 2.56 bits per heavy atom. The molecule has 0 heterocycles. The topological polar surface area (TPSA) is 50.7 Å². The van der Waals surface area contributed by atoms with Gasteiger partial charge in [-0.2, -0.15) is 0 Å². The Kier molecular flexibility index (Phi) is 5.44. The van der Waals surface area contributed by atoms with Crippen molar-refractivity contribution < 1.29 is 14.6 Å². The van der Waals surface area contributed by atoms with E-state index in [4.69, 9.17) is 9.47 Å². The lowest BCUT2D eigenvalue weighted by Gasteiger charge is -2.23. The van der Waals surface area contributed by atoms with E-state index in [1.807, 2.05) is 18.2 Å². The molecule has 0 aromatic heterocycles. The Bertz CT molecular complexity index is 360. The number of aliphatic hydroxyl groups excluding tert-OH is 1. The highest BCUT2D eigenvalue weighted by atomic mass is 16.5. The van der Waals surface area contributed by atoms with Crippen LogP contribution in [0.4, 0.5) is 0 Å². The first-order chi connectivity index (χ1) is 8.40. The van der Waals surface area contributed by atoms with Crippen LogP contribution in [-0.2, 0) is 0 Å². The third-order valence-corrected chi connectivity index (χ3v) is 2.35. The molecule has 0 saturated heterocycles. The molecule has 1 aromatic rings. The summed E-state index contributed by atoms with van der Waals surface area (Å²) in [5.41, 5.74) is -0.00303. The molecule has 0 spiro atoms. The van der Waals surface area contributed by atoms with E-state index in [9.17, 15) is 5.11 Å². The van der Waals surface area contributed by atoms with Gasteiger partial charge in [0.05, 0.1) is 7.11 Å². The van der Waals surface area contributed by atoms with Gasteiger partial charge in [0.2, 0.25) is 0 Å². The highest BCUT2D eigenvalue weighted by Crippen LogP contribution is 2.18. The van der Waals surface area contributed by atoms with Crippen LogP contribution in [0.15, 0.2) is 24.3 Å². The normalized spacial score (nSPS) is 13.2. The van der Waals surface area contributed by atoms with E-state index in [2.05, 4.69) is 26.1 Å². The maximum atomic E-state index is 9.78. The van der Waals surface area contributed by atoms with Gasteiger partial charge in [0.15, 0.2) is 0 Å². The molecule has 4 heteroatoms. The molecule has 0 unspecified atom stereocenters. The summed E-state index contributed by atoms with van der Waals surface area (Å²) in [5, 5.41) is 13.0. The maximum Gasteiger partial charge on any atom is 0.123 e. The van der Waals surface area contributed by atoms with E-state index in [0.717, 1.165) is 5.75 Å². The van der Waals surface area contributed by atoms with Crippen LogP contribution >= 0.6 is 0 Å². The number of ether oxygens (including phenoxy) is 2. The summed E-state index contributed by atoms with van der Waals surface area (Å²) in [6.07, 6.45) is -0.532. The molecule has 1 rings (SSSR count). The van der Waals surface area contributed by atoms with Crippen molar-refractivity contribution >= 4 is 0 Å². The zero-order valence-electron chi connectivity index (χ0n) is 11.6. The lowest BCUT2D eigenvalue weighted by molar-refractivity contribution is 0.0999. The first-order valence-corrected chi connectivity index (χ1v) is 6.10. The molecule has 1 aromatic carbocycles. The zero-order valence-corrected chi connectivity index (χ0v) is 11.6. The number of aliphatic hydroxyl groups is 1. The number of nitrogens with one attached hydrogen (secondary N) is 1. The molecule has 0 amide bonds. The van der Waals surface area contributed by atoms with E-state index in [-0.39, 0.29) is 12.1 Å². The van der Waals surface area contributed by atoms with E-state index in [1.54, 1.807) is 13.2 Å². The summed E-state index contributed by atoms with van der Waals surface area (Å²) in [6.45, 7) is 6.94. The fraction of sp³-hybridized carbons (Fsp3) is 0.571. The van der Waals surface area contributed by atoms with Gasteiger partial charge in [-0.05, 0) is 32.9 Å². The minimum Gasteiger partial charge on any atom is -0.497 e. The third kappa shape index (κ3) is 5.89. The van der Waals surface area contributed by atoms with Crippen LogP contribution in [0.25, 0.3) is 0 Å². The van der Waals surface area contributed by atoms with Gasteiger partial charge in [-0.3, -0.25) is 0 Å². The van der Waals surface area contributed by atoms with E-state index in [1.165, 1.54) is 0 Å². The average Bonchev–Trinajstić information content (AvgIpc) is 2.33. The molecule has 0 aliphatic rings. The quantitative estimate of drug-likeness (QED) is 0.812. The molecule has 0 aliphatic heterocycles. The number of methoxy groups -OCH3 is 1. The molecule has 4 nitrogen and oxygen atoms in total. The van der Waals surface area contributed by atoms with E-state index >= 15 is 0 Å². The van der Waals surface area contributed by atoms with Gasteiger partial charge in [0, 0.05) is 18.2 Å². The second kappa shape index (κ2) is 6.61. The van der Waals surface area contributed by atoms with Crippen LogP contribution in [0.5, 0.6) is 11.5 Å². The first kappa shape index (κ1) is 14.8. The van der Waals surface area contributed by atoms with Crippen LogP contribution in [0.2, 0.25) is 0 Å². The fourth-order valence-corrected chi connectivity index (χ4v) is 1.37. The highest BCUT2D eigenvalue weighted by molar-refractivity contribution is 5.32. The number of hydrogen-bond donors (Lipinski definition) is 2. The van der Waals surface area contributed by atoms with Crippen molar-refractivity contribution in [3.05, 3.63) is 24.3 Å². The molecule has 0 fully saturated rings. The second-order valence-electron chi connectivity index (χ2n) is 5.27. The van der Waals surface area contributed by atoms with Crippen molar-refractivity contribution in [3.63, 3.8) is 0 Å². The van der Waals surface area contributed by atoms with Crippen molar-refractivity contribution in [2.24, 2.45) is 0 Å². The van der Waals surface area contributed by atoms with Crippen molar-refractivity contribution in [3.8, 4) is 11.5 Å². The molecule has 0 aliphatic carbocycles. The minimum atomic E-state index is -0.532. The number of hydrogen-bond acceptors (Lipinski definition) is 4. The zero-order chi connectivity index (χ0) is 13.6. The maximum absolute atomic E-state index is 9.78. The van der Waals surface area contributed by atoms with Crippen LogP contribution in [0.3, 0.4) is 0 Å². The Balaban J connectivity index is 2.35. The molecular weight excluding hydrogens is 230 g/mol. The highest BCUT2D eigenvalue weighted by Gasteiger charge is 2.12. The Labute approximate surface area is 109 Å². The van der Waals surface area contributed by atoms with Gasteiger partial charge < -0.3 is 19.9 Å². The van der Waals surface area contributed by atoms with Crippen LogP contribution in [0.1, 0.15) is 20.8 Å². The summed E-state index contributed by atoms with van der Waals surface area (Å²) in [6, 6.07) is 7.34. The summed E-state index contributed by atoms with van der Waals surface area (Å²) in [5.74, 6) is 1.44. The molecule has 0 saturated carbocycles. The Morgan fingerprint density at radius 1 is 1.28 bits per heavy atom. The summed E-state index contributed by atoms with van der Waals surface area (Å²) in [7, 11) is 1.61. The molecule has 1 atom stereocenters. The summed E-state index contributed by atoms with van der Waals surface area (Å²) >= 11 is 0. The van der Waals surface area contributed by atoms with Gasteiger partial charge >= 0.3 is 0 Å². The van der Waals surface area contributed by atoms with Crippen molar-refractivity contribution in [2.45, 2.75) is 32.4 Å². The second-order valence-corrected chi connectivity index (χ2v) is 5.27. The van der Waals surface area contributed by atoms with Crippen molar-refractivity contribution in [2.75, 3.05) is 20.3 Å².